The third kappa shape index (κ3) is 3.45. The van der Waals surface area contributed by atoms with Crippen LogP contribution < -0.4 is 5.32 Å². The fraction of sp³-hybridized carbons (Fsp3) is 0.333. The number of rotatable bonds is 4. The van der Waals surface area contributed by atoms with Gasteiger partial charge in [0, 0.05) is 13.5 Å². The van der Waals surface area contributed by atoms with Crippen LogP contribution in [0.2, 0.25) is 0 Å². The molecule has 1 aromatic heterocycles. The molecule has 2 aromatic rings. The van der Waals surface area contributed by atoms with Gasteiger partial charge in [0.25, 0.3) is 0 Å². The van der Waals surface area contributed by atoms with Gasteiger partial charge in [-0.15, -0.1) is 0 Å². The SMILES string of the molecule is CNc1nc(Cc2cccc(F)c2)nc(C(C)C)c1I. The molecule has 0 aliphatic carbocycles. The predicted octanol–water partition coefficient (Wildman–Crippen LogP) is 3.98. The highest BCUT2D eigenvalue weighted by Crippen LogP contribution is 2.25. The lowest BCUT2D eigenvalue weighted by atomic mass is 10.1. The normalized spacial score (nSPS) is 10.9. The highest BCUT2D eigenvalue weighted by molar-refractivity contribution is 14.1. The Labute approximate surface area is 132 Å². The van der Waals surface area contributed by atoms with E-state index in [1.807, 2.05) is 13.1 Å². The van der Waals surface area contributed by atoms with Crippen molar-refractivity contribution in [3.05, 3.63) is 50.7 Å². The van der Waals surface area contributed by atoms with Gasteiger partial charge in [-0.2, -0.15) is 0 Å². The Morgan fingerprint density at radius 2 is 2.05 bits per heavy atom. The molecule has 0 amide bonds. The minimum atomic E-state index is -0.231. The molecule has 0 fully saturated rings. The maximum Gasteiger partial charge on any atom is 0.143 e. The molecule has 1 heterocycles. The minimum Gasteiger partial charge on any atom is -0.372 e. The maximum atomic E-state index is 13.2. The van der Waals surface area contributed by atoms with E-state index in [1.54, 1.807) is 6.07 Å². The van der Waals surface area contributed by atoms with Crippen molar-refractivity contribution in [3.8, 4) is 0 Å². The second-order valence-electron chi connectivity index (χ2n) is 4.90. The highest BCUT2D eigenvalue weighted by Gasteiger charge is 2.14. The molecule has 106 valence electrons. The molecule has 0 aliphatic heterocycles. The summed E-state index contributed by atoms with van der Waals surface area (Å²) in [6.07, 6.45) is 0.531. The summed E-state index contributed by atoms with van der Waals surface area (Å²) < 4.78 is 14.3. The van der Waals surface area contributed by atoms with Gasteiger partial charge in [0.05, 0.1) is 9.26 Å². The maximum absolute atomic E-state index is 13.2. The molecule has 0 unspecified atom stereocenters. The van der Waals surface area contributed by atoms with Crippen LogP contribution in [0, 0.1) is 9.39 Å². The monoisotopic (exact) mass is 385 g/mol. The van der Waals surface area contributed by atoms with Crippen LogP contribution in [-0.4, -0.2) is 17.0 Å². The van der Waals surface area contributed by atoms with E-state index in [0.29, 0.717) is 18.2 Å². The zero-order valence-electron chi connectivity index (χ0n) is 11.7. The summed E-state index contributed by atoms with van der Waals surface area (Å²) in [4.78, 5) is 9.13. The predicted molar refractivity (Wildman–Crippen MR) is 87.6 cm³/mol. The first-order valence-corrected chi connectivity index (χ1v) is 7.57. The van der Waals surface area contributed by atoms with Crippen molar-refractivity contribution in [1.82, 2.24) is 9.97 Å². The van der Waals surface area contributed by atoms with Gasteiger partial charge in [-0.05, 0) is 46.2 Å². The fourth-order valence-corrected chi connectivity index (χ4v) is 3.10. The number of aromatic nitrogens is 2. The van der Waals surface area contributed by atoms with Crippen molar-refractivity contribution in [2.75, 3.05) is 12.4 Å². The third-order valence-corrected chi connectivity index (χ3v) is 4.02. The zero-order valence-corrected chi connectivity index (χ0v) is 13.9. The quantitative estimate of drug-likeness (QED) is 0.810. The number of halogens is 2. The average molecular weight is 385 g/mol. The summed E-state index contributed by atoms with van der Waals surface area (Å²) in [5.41, 5.74) is 1.90. The topological polar surface area (TPSA) is 37.8 Å². The summed E-state index contributed by atoms with van der Waals surface area (Å²) in [5, 5.41) is 3.10. The van der Waals surface area contributed by atoms with Crippen LogP contribution in [0.5, 0.6) is 0 Å². The Balaban J connectivity index is 2.39. The van der Waals surface area contributed by atoms with Crippen LogP contribution in [-0.2, 0) is 6.42 Å². The first-order chi connectivity index (χ1) is 9.51. The number of hydrogen-bond donors (Lipinski definition) is 1. The molecule has 0 saturated carbocycles. The number of nitrogens with zero attached hydrogens (tertiary/aromatic N) is 2. The molecule has 1 aromatic carbocycles. The van der Waals surface area contributed by atoms with Crippen molar-refractivity contribution in [2.45, 2.75) is 26.2 Å². The molecule has 20 heavy (non-hydrogen) atoms. The molecule has 0 atom stereocenters. The summed E-state index contributed by atoms with van der Waals surface area (Å²) in [5.74, 6) is 1.63. The van der Waals surface area contributed by atoms with Gasteiger partial charge in [0.1, 0.15) is 17.5 Å². The first kappa shape index (κ1) is 15.2. The standard InChI is InChI=1S/C15H17FIN3/c1-9(2)14-13(17)15(18-3)20-12(19-14)8-10-5-4-6-11(16)7-10/h4-7,9H,8H2,1-3H3,(H,18,19,20). The van der Waals surface area contributed by atoms with Gasteiger partial charge in [-0.3, -0.25) is 0 Å². The van der Waals surface area contributed by atoms with Gasteiger partial charge in [0.15, 0.2) is 0 Å². The fourth-order valence-electron chi connectivity index (χ4n) is 1.97. The molecule has 0 aliphatic rings. The second kappa shape index (κ2) is 6.47. The van der Waals surface area contributed by atoms with Crippen LogP contribution in [0.1, 0.15) is 36.8 Å². The highest BCUT2D eigenvalue weighted by atomic mass is 127. The molecule has 5 heteroatoms. The van der Waals surface area contributed by atoms with E-state index >= 15 is 0 Å². The molecule has 2 rings (SSSR count). The Morgan fingerprint density at radius 3 is 2.65 bits per heavy atom. The second-order valence-corrected chi connectivity index (χ2v) is 5.98. The first-order valence-electron chi connectivity index (χ1n) is 6.49. The Morgan fingerprint density at radius 1 is 1.30 bits per heavy atom. The van der Waals surface area contributed by atoms with Gasteiger partial charge < -0.3 is 5.32 Å². The van der Waals surface area contributed by atoms with Crippen molar-refractivity contribution in [2.24, 2.45) is 0 Å². The van der Waals surface area contributed by atoms with E-state index in [1.165, 1.54) is 12.1 Å². The van der Waals surface area contributed by atoms with Gasteiger partial charge in [0.2, 0.25) is 0 Å². The molecule has 0 bridgehead atoms. The molecular weight excluding hydrogens is 368 g/mol. The van der Waals surface area contributed by atoms with Crippen LogP contribution in [0.4, 0.5) is 10.2 Å². The minimum absolute atomic E-state index is 0.231. The number of nitrogens with one attached hydrogen (secondary N) is 1. The largest absolute Gasteiger partial charge is 0.372 e. The third-order valence-electron chi connectivity index (χ3n) is 2.96. The lowest BCUT2D eigenvalue weighted by Gasteiger charge is -2.13. The lowest BCUT2D eigenvalue weighted by molar-refractivity contribution is 0.625. The van der Waals surface area contributed by atoms with Crippen molar-refractivity contribution >= 4 is 28.4 Å². The van der Waals surface area contributed by atoms with E-state index in [0.717, 1.165) is 20.6 Å². The lowest BCUT2D eigenvalue weighted by Crippen LogP contribution is -2.09. The van der Waals surface area contributed by atoms with Crippen molar-refractivity contribution in [3.63, 3.8) is 0 Å². The molecule has 0 saturated heterocycles. The molecule has 0 spiro atoms. The van der Waals surface area contributed by atoms with Gasteiger partial charge in [-0.1, -0.05) is 26.0 Å². The summed E-state index contributed by atoms with van der Waals surface area (Å²) in [6, 6.07) is 6.56. The Bertz CT molecular complexity index is 614. The van der Waals surface area contributed by atoms with Crippen LogP contribution >= 0.6 is 22.6 Å². The molecule has 0 radical (unpaired) electrons. The number of anilines is 1. The van der Waals surface area contributed by atoms with Crippen LogP contribution in [0.15, 0.2) is 24.3 Å². The average Bonchev–Trinajstić information content (AvgIpc) is 2.40. The molecule has 1 N–H and O–H groups in total. The smallest absolute Gasteiger partial charge is 0.143 e. The molecule has 3 nitrogen and oxygen atoms in total. The van der Waals surface area contributed by atoms with Crippen LogP contribution in [0.3, 0.4) is 0 Å². The van der Waals surface area contributed by atoms with Gasteiger partial charge in [-0.25, -0.2) is 14.4 Å². The zero-order chi connectivity index (χ0) is 14.7. The Kier molecular flexibility index (Phi) is 4.91. The summed E-state index contributed by atoms with van der Waals surface area (Å²) >= 11 is 2.26. The Hall–Kier alpha value is -1.24. The number of hydrogen-bond acceptors (Lipinski definition) is 3. The van der Waals surface area contributed by atoms with E-state index in [9.17, 15) is 4.39 Å². The molecular formula is C15H17FIN3. The van der Waals surface area contributed by atoms with Crippen LogP contribution in [0.25, 0.3) is 0 Å². The van der Waals surface area contributed by atoms with Crippen molar-refractivity contribution < 1.29 is 4.39 Å². The van der Waals surface area contributed by atoms with E-state index < -0.39 is 0 Å². The summed E-state index contributed by atoms with van der Waals surface area (Å²) in [6.45, 7) is 4.21. The van der Waals surface area contributed by atoms with E-state index in [-0.39, 0.29) is 5.82 Å². The van der Waals surface area contributed by atoms with Gasteiger partial charge >= 0.3 is 0 Å². The van der Waals surface area contributed by atoms with E-state index in [4.69, 9.17) is 0 Å². The number of benzene rings is 1. The van der Waals surface area contributed by atoms with E-state index in [2.05, 4.69) is 51.7 Å². The summed E-state index contributed by atoms with van der Waals surface area (Å²) in [7, 11) is 1.85. The van der Waals surface area contributed by atoms with Crippen molar-refractivity contribution in [1.29, 1.82) is 0 Å².